The van der Waals surface area contributed by atoms with Gasteiger partial charge in [0.2, 0.25) is 0 Å². The molecule has 332 valence electrons. The molecule has 58 heavy (non-hydrogen) atoms. The maximum atomic E-state index is 11.2. The fourth-order valence-corrected chi connectivity index (χ4v) is 17.3. The van der Waals surface area contributed by atoms with E-state index in [1.54, 1.807) is 11.1 Å². The van der Waals surface area contributed by atoms with E-state index in [-0.39, 0.29) is 24.4 Å². The van der Waals surface area contributed by atoms with Gasteiger partial charge in [0.25, 0.3) is 0 Å². The Morgan fingerprint density at radius 2 is 1.12 bits per heavy atom. The van der Waals surface area contributed by atoms with Crippen molar-refractivity contribution in [1.29, 1.82) is 0 Å². The summed E-state index contributed by atoms with van der Waals surface area (Å²) in [5, 5.41) is 42.6. The van der Waals surface area contributed by atoms with E-state index < -0.39 is 0 Å². The van der Waals surface area contributed by atoms with Crippen LogP contribution in [0.3, 0.4) is 0 Å². The number of fused-ring (bicyclic) bond motifs is 10. The topological polar surface area (TPSA) is 80.9 Å². The Morgan fingerprint density at radius 3 is 1.67 bits per heavy atom. The molecule has 0 aliphatic heterocycles. The second-order valence-corrected chi connectivity index (χ2v) is 24.6. The molecule has 0 heterocycles. The van der Waals surface area contributed by atoms with E-state index >= 15 is 0 Å². The molecule has 0 spiro atoms. The second-order valence-electron chi connectivity index (χ2n) is 24.6. The summed E-state index contributed by atoms with van der Waals surface area (Å²) in [7, 11) is 0. The molecule has 0 aromatic carbocycles. The summed E-state index contributed by atoms with van der Waals surface area (Å²) in [4.78, 5) is 0. The molecule has 0 aromatic rings. The van der Waals surface area contributed by atoms with Gasteiger partial charge in [0.05, 0.1) is 24.4 Å². The summed E-state index contributed by atoms with van der Waals surface area (Å²) in [5.41, 5.74) is 4.49. The van der Waals surface area contributed by atoms with Crippen molar-refractivity contribution in [2.24, 2.45) is 92.7 Å². The smallest absolute Gasteiger partial charge is 0.0579 e. The van der Waals surface area contributed by atoms with Crippen molar-refractivity contribution in [1.82, 2.24) is 0 Å². The third kappa shape index (κ3) is 8.17. The molecule has 0 aromatic heterocycles. The van der Waals surface area contributed by atoms with Crippen LogP contribution in [-0.2, 0) is 0 Å². The van der Waals surface area contributed by atoms with Gasteiger partial charge >= 0.3 is 0 Å². The molecule has 6 fully saturated rings. The van der Waals surface area contributed by atoms with E-state index in [9.17, 15) is 20.4 Å². The predicted octanol–water partition coefficient (Wildman–Crippen LogP) is 12.7. The maximum absolute atomic E-state index is 11.2. The quantitative estimate of drug-likeness (QED) is 0.166. The SMILES string of the molecule is CC(C)CCC(O)[C@@H](C)[C@H]1CC[C@H]2[C@@H]3CC=C4C[C@@H](O)CC[C@]4(C)[C@H]3CC[C@]12C.CC(C)CCC[C@@H](C)[C@H]1C(O)C[C@H]2[C@@H]3CC=C4C[C@@H](O)CC[C@]4(C)[C@H]3CC[C@]12C. The zero-order chi connectivity index (χ0) is 41.9. The van der Waals surface area contributed by atoms with Gasteiger partial charge < -0.3 is 20.4 Å². The van der Waals surface area contributed by atoms with E-state index in [1.165, 1.54) is 77.0 Å². The number of hydrogen-bond acceptors (Lipinski definition) is 4. The van der Waals surface area contributed by atoms with Crippen LogP contribution in [0.2, 0.25) is 0 Å². The summed E-state index contributed by atoms with van der Waals surface area (Å²) >= 11 is 0. The van der Waals surface area contributed by atoms with Crippen molar-refractivity contribution in [3.8, 4) is 0 Å². The summed E-state index contributed by atoms with van der Waals surface area (Å²) < 4.78 is 0. The van der Waals surface area contributed by atoms with Gasteiger partial charge in [-0.2, -0.15) is 0 Å². The standard InChI is InChI=1S/2C27H46O2/c1-17(2)6-11-25(29)18(3)22-9-10-23-21-8-7-19-16-20(28)12-14-26(19,4)24(21)13-15-27(22,23)5;1-17(2)7-6-8-18(3)25-24(29)16-23-21-10-9-19-15-20(28)11-13-26(19,4)22(21)12-14-27(23,25)5/h7,17-18,20-25,28-29H,6,8-16H2,1-5H3;9,17-18,20-25,28-29H,6-8,10-16H2,1-5H3/t18-,20-,21-,22+,23-,24-,25?,26-,27+;18-,20+,21-,22+,23+,24?,25+,26+,27+/m01/s1. The third-order valence-electron chi connectivity index (χ3n) is 20.7. The summed E-state index contributed by atoms with van der Waals surface area (Å²) in [6.45, 7) is 24.1. The van der Waals surface area contributed by atoms with Gasteiger partial charge in [0.15, 0.2) is 0 Å². The molecule has 0 radical (unpaired) electrons. The lowest BCUT2D eigenvalue weighted by Crippen LogP contribution is -2.51. The van der Waals surface area contributed by atoms with Crippen LogP contribution in [0, 0.1) is 92.7 Å². The molecule has 6 saturated carbocycles. The Morgan fingerprint density at radius 1 is 0.586 bits per heavy atom. The van der Waals surface area contributed by atoms with E-state index in [0.717, 1.165) is 86.9 Å². The highest BCUT2D eigenvalue weighted by molar-refractivity contribution is 5.27. The van der Waals surface area contributed by atoms with Crippen molar-refractivity contribution >= 4 is 0 Å². The molecule has 8 aliphatic rings. The molecule has 4 nitrogen and oxygen atoms in total. The number of aliphatic hydroxyl groups excluding tert-OH is 4. The van der Waals surface area contributed by atoms with Crippen LogP contribution in [0.1, 0.15) is 198 Å². The van der Waals surface area contributed by atoms with Gasteiger partial charge in [-0.1, -0.05) is 112 Å². The van der Waals surface area contributed by atoms with Crippen LogP contribution in [0.25, 0.3) is 0 Å². The van der Waals surface area contributed by atoms with Gasteiger partial charge in [0, 0.05) is 0 Å². The summed E-state index contributed by atoms with van der Waals surface area (Å²) in [6, 6.07) is 0. The van der Waals surface area contributed by atoms with E-state index in [0.29, 0.717) is 57.2 Å². The van der Waals surface area contributed by atoms with Crippen LogP contribution in [0.15, 0.2) is 23.3 Å². The zero-order valence-electron chi connectivity index (χ0n) is 39.3. The highest BCUT2D eigenvalue weighted by Gasteiger charge is 2.62. The molecule has 2 unspecified atom stereocenters. The first-order valence-corrected chi connectivity index (χ1v) is 25.4. The Balaban J connectivity index is 0.000000177. The van der Waals surface area contributed by atoms with Crippen LogP contribution in [0.4, 0.5) is 0 Å². The molecule has 0 amide bonds. The van der Waals surface area contributed by atoms with Crippen molar-refractivity contribution in [3.63, 3.8) is 0 Å². The van der Waals surface area contributed by atoms with Crippen molar-refractivity contribution in [2.75, 3.05) is 0 Å². The predicted molar refractivity (Wildman–Crippen MR) is 241 cm³/mol. The molecule has 4 N–H and O–H groups in total. The van der Waals surface area contributed by atoms with Crippen LogP contribution >= 0.6 is 0 Å². The lowest BCUT2D eigenvalue weighted by atomic mass is 9.47. The lowest BCUT2D eigenvalue weighted by molar-refractivity contribution is -0.0681. The zero-order valence-corrected chi connectivity index (χ0v) is 39.3. The summed E-state index contributed by atoms with van der Waals surface area (Å²) in [6.07, 6.45) is 28.1. The second kappa shape index (κ2) is 17.5. The number of hydrogen-bond donors (Lipinski definition) is 4. The number of aliphatic hydroxyl groups is 4. The van der Waals surface area contributed by atoms with Gasteiger partial charge in [-0.25, -0.2) is 0 Å². The Labute approximate surface area is 357 Å². The Hall–Kier alpha value is -0.680. The number of allylic oxidation sites excluding steroid dienone is 2. The molecule has 0 saturated heterocycles. The molecular weight excluding hydrogens is 713 g/mol. The van der Waals surface area contributed by atoms with Crippen molar-refractivity contribution < 1.29 is 20.4 Å². The molecule has 0 bridgehead atoms. The highest BCUT2D eigenvalue weighted by atomic mass is 16.3. The minimum atomic E-state index is -0.133. The monoisotopic (exact) mass is 805 g/mol. The Kier molecular flexibility index (Phi) is 13.7. The van der Waals surface area contributed by atoms with Gasteiger partial charge in [-0.15, -0.1) is 0 Å². The number of rotatable bonds is 10. The third-order valence-corrected chi connectivity index (χ3v) is 20.7. The van der Waals surface area contributed by atoms with Gasteiger partial charge in [-0.05, 0) is 202 Å². The van der Waals surface area contributed by atoms with Crippen LogP contribution in [-0.4, -0.2) is 44.8 Å². The maximum Gasteiger partial charge on any atom is 0.0579 e. The molecule has 18 atom stereocenters. The molecule has 8 aliphatic carbocycles. The largest absolute Gasteiger partial charge is 0.393 e. The molecular formula is C54H92O4. The normalized spacial score (nSPS) is 47.2. The fourth-order valence-electron chi connectivity index (χ4n) is 17.3. The first-order valence-electron chi connectivity index (χ1n) is 25.4. The summed E-state index contributed by atoms with van der Waals surface area (Å²) in [5.74, 6) is 8.31. The van der Waals surface area contributed by atoms with Crippen LogP contribution < -0.4 is 0 Å². The first kappa shape index (κ1) is 45.3. The first-order chi connectivity index (χ1) is 27.3. The van der Waals surface area contributed by atoms with E-state index in [1.807, 2.05) is 0 Å². The average molecular weight is 805 g/mol. The Bertz CT molecular complexity index is 1460. The fraction of sp³-hybridized carbons (Fsp3) is 0.926. The van der Waals surface area contributed by atoms with Gasteiger partial charge in [-0.3, -0.25) is 0 Å². The average Bonchev–Trinajstić information content (AvgIpc) is 3.66. The van der Waals surface area contributed by atoms with Crippen molar-refractivity contribution in [2.45, 2.75) is 222 Å². The van der Waals surface area contributed by atoms with Crippen LogP contribution in [0.5, 0.6) is 0 Å². The molecule has 8 rings (SSSR count). The minimum Gasteiger partial charge on any atom is -0.393 e. The van der Waals surface area contributed by atoms with Crippen molar-refractivity contribution in [3.05, 3.63) is 23.3 Å². The van der Waals surface area contributed by atoms with E-state index in [4.69, 9.17) is 0 Å². The molecule has 4 heteroatoms. The highest BCUT2D eigenvalue weighted by Crippen LogP contribution is 2.69. The minimum absolute atomic E-state index is 0.107. The lowest BCUT2D eigenvalue weighted by Gasteiger charge is -2.58. The van der Waals surface area contributed by atoms with E-state index in [2.05, 4.69) is 81.4 Å². The van der Waals surface area contributed by atoms with Gasteiger partial charge in [0.1, 0.15) is 0 Å².